The molecule has 6 aromatic carbocycles. The molecule has 0 unspecified atom stereocenters. The van der Waals surface area contributed by atoms with Crippen LogP contribution in [0.15, 0.2) is 121 Å². The standard InChI is InChI=1S/C41H27N3S/c1-2-12-26-24-37-34(22-25(26)11-1)32-17-7-9-19-36(32)44(37)40-35(42-39-33-18-8-10-20-38(33)45-41(39)43-40)23-28-21-27-13-3-4-14-29(27)31-16-6-5-15-30(28)31/h1-4,6-14,16-22,24H,5,15,23H2. The van der Waals surface area contributed by atoms with E-state index in [1.165, 1.54) is 59.1 Å². The van der Waals surface area contributed by atoms with Crippen LogP contribution in [0.25, 0.3) is 75.7 Å². The highest BCUT2D eigenvalue weighted by atomic mass is 32.1. The van der Waals surface area contributed by atoms with Crippen molar-refractivity contribution in [2.24, 2.45) is 0 Å². The molecule has 1 aliphatic rings. The summed E-state index contributed by atoms with van der Waals surface area (Å²) in [6, 6.07) is 41.8. The number of fused-ring (bicyclic) bond motifs is 10. The summed E-state index contributed by atoms with van der Waals surface area (Å²) in [4.78, 5) is 12.0. The summed E-state index contributed by atoms with van der Waals surface area (Å²) < 4.78 is 3.59. The van der Waals surface area contributed by atoms with Crippen molar-refractivity contribution in [3.8, 4) is 5.82 Å². The van der Waals surface area contributed by atoms with Crippen LogP contribution in [-0.2, 0) is 12.8 Å². The second-order valence-electron chi connectivity index (χ2n) is 12.1. The van der Waals surface area contributed by atoms with Gasteiger partial charge in [-0.15, -0.1) is 11.3 Å². The van der Waals surface area contributed by atoms with Crippen LogP contribution in [0.5, 0.6) is 0 Å². The van der Waals surface area contributed by atoms with Crippen molar-refractivity contribution in [3.05, 3.63) is 144 Å². The topological polar surface area (TPSA) is 30.7 Å². The summed E-state index contributed by atoms with van der Waals surface area (Å²) in [5.74, 6) is 0.920. The van der Waals surface area contributed by atoms with E-state index in [-0.39, 0.29) is 0 Å². The molecule has 0 N–H and O–H groups in total. The first-order valence-electron chi connectivity index (χ1n) is 15.6. The van der Waals surface area contributed by atoms with Gasteiger partial charge in [0.15, 0.2) is 5.82 Å². The smallest absolute Gasteiger partial charge is 0.161 e. The minimum absolute atomic E-state index is 0.713. The SMILES string of the molecule is C1=Cc2c(c(Cc3nc4c(nc3-n3c5ccccc5c5cc6ccccc6cc53)sc3ccccc34)cc3ccccc23)CC1. The summed E-state index contributed by atoms with van der Waals surface area (Å²) in [5.41, 5.74) is 8.45. The Labute approximate surface area is 263 Å². The molecule has 10 rings (SSSR count). The molecule has 0 atom stereocenters. The first-order chi connectivity index (χ1) is 22.3. The molecule has 4 heteroatoms. The number of allylic oxidation sites excluding steroid dienone is 1. The van der Waals surface area contributed by atoms with Crippen LogP contribution >= 0.6 is 11.3 Å². The number of benzene rings is 6. The summed E-state index contributed by atoms with van der Waals surface area (Å²) in [5, 5.41) is 8.72. The number of nitrogens with zero attached hydrogens (tertiary/aromatic N) is 3. The molecular formula is C41H27N3S. The summed E-state index contributed by atoms with van der Waals surface area (Å²) in [6.07, 6.45) is 7.45. The second-order valence-corrected chi connectivity index (χ2v) is 13.1. The lowest BCUT2D eigenvalue weighted by molar-refractivity contribution is 0.935. The third-order valence-corrected chi connectivity index (χ3v) is 10.6. The lowest BCUT2D eigenvalue weighted by Crippen LogP contribution is -2.09. The average Bonchev–Trinajstić information content (AvgIpc) is 3.61. The van der Waals surface area contributed by atoms with Crippen molar-refractivity contribution in [2.45, 2.75) is 19.3 Å². The summed E-state index contributed by atoms with van der Waals surface area (Å²) >= 11 is 1.73. The van der Waals surface area contributed by atoms with Gasteiger partial charge in [-0.25, -0.2) is 9.97 Å². The third kappa shape index (κ3) is 3.76. The van der Waals surface area contributed by atoms with Crippen LogP contribution in [-0.4, -0.2) is 14.5 Å². The van der Waals surface area contributed by atoms with Crippen molar-refractivity contribution < 1.29 is 0 Å². The maximum absolute atomic E-state index is 5.53. The maximum Gasteiger partial charge on any atom is 0.161 e. The minimum Gasteiger partial charge on any atom is -0.292 e. The van der Waals surface area contributed by atoms with Crippen LogP contribution < -0.4 is 0 Å². The Morgan fingerprint density at radius 2 is 1.38 bits per heavy atom. The van der Waals surface area contributed by atoms with Crippen molar-refractivity contribution in [3.63, 3.8) is 0 Å². The normalized spacial score (nSPS) is 13.2. The molecule has 0 radical (unpaired) electrons. The average molecular weight is 594 g/mol. The maximum atomic E-state index is 5.53. The molecule has 45 heavy (non-hydrogen) atoms. The van der Waals surface area contributed by atoms with E-state index < -0.39 is 0 Å². The first kappa shape index (κ1) is 25.1. The number of rotatable bonds is 3. The molecular weight excluding hydrogens is 567 g/mol. The van der Waals surface area contributed by atoms with Crippen LogP contribution in [0.4, 0.5) is 0 Å². The van der Waals surface area contributed by atoms with Crippen LogP contribution in [0.1, 0.15) is 28.8 Å². The highest BCUT2D eigenvalue weighted by molar-refractivity contribution is 7.25. The van der Waals surface area contributed by atoms with Gasteiger partial charge < -0.3 is 0 Å². The molecule has 0 spiro atoms. The second kappa shape index (κ2) is 9.59. The number of aromatic nitrogens is 3. The van der Waals surface area contributed by atoms with Gasteiger partial charge in [-0.05, 0) is 75.3 Å². The van der Waals surface area contributed by atoms with Gasteiger partial charge in [0.1, 0.15) is 10.3 Å². The fourth-order valence-corrected chi connectivity index (χ4v) is 8.47. The fraction of sp³-hybridized carbons (Fsp3) is 0.0732. The van der Waals surface area contributed by atoms with E-state index in [1.54, 1.807) is 11.3 Å². The van der Waals surface area contributed by atoms with Crippen LogP contribution in [0, 0.1) is 0 Å². The van der Waals surface area contributed by atoms with Crippen molar-refractivity contribution in [1.29, 1.82) is 0 Å². The van der Waals surface area contributed by atoms with Crippen molar-refractivity contribution in [1.82, 2.24) is 14.5 Å². The van der Waals surface area contributed by atoms with Gasteiger partial charge in [0.05, 0.1) is 16.7 Å². The third-order valence-electron chi connectivity index (χ3n) is 9.51. The molecule has 212 valence electrons. The predicted molar refractivity (Wildman–Crippen MR) is 191 cm³/mol. The lowest BCUT2D eigenvalue weighted by Gasteiger charge is -2.20. The van der Waals surface area contributed by atoms with Crippen molar-refractivity contribution in [2.75, 3.05) is 0 Å². The molecule has 3 aromatic heterocycles. The number of hydrogen-bond acceptors (Lipinski definition) is 3. The largest absolute Gasteiger partial charge is 0.292 e. The van der Waals surface area contributed by atoms with Crippen molar-refractivity contribution >= 4 is 81.2 Å². The van der Waals surface area contributed by atoms with E-state index in [2.05, 4.69) is 132 Å². The van der Waals surface area contributed by atoms with E-state index in [0.717, 1.165) is 45.7 Å². The number of hydrogen-bond donors (Lipinski definition) is 0. The van der Waals surface area contributed by atoms with E-state index in [1.807, 2.05) is 0 Å². The van der Waals surface area contributed by atoms with Gasteiger partial charge >= 0.3 is 0 Å². The molecule has 0 aliphatic heterocycles. The van der Waals surface area contributed by atoms with Crippen LogP contribution in [0.3, 0.4) is 0 Å². The fourth-order valence-electron chi connectivity index (χ4n) is 7.46. The highest BCUT2D eigenvalue weighted by Crippen LogP contribution is 2.39. The lowest BCUT2D eigenvalue weighted by atomic mass is 9.86. The molecule has 1 aliphatic carbocycles. The highest BCUT2D eigenvalue weighted by Gasteiger charge is 2.22. The molecule has 0 saturated heterocycles. The Morgan fingerprint density at radius 1 is 0.644 bits per heavy atom. The van der Waals surface area contributed by atoms with Crippen LogP contribution in [0.2, 0.25) is 0 Å². The van der Waals surface area contributed by atoms with E-state index in [9.17, 15) is 0 Å². The Bertz CT molecular complexity index is 2690. The summed E-state index contributed by atoms with van der Waals surface area (Å²) in [7, 11) is 0. The van der Waals surface area contributed by atoms with E-state index in [0.29, 0.717) is 6.42 Å². The molecule has 0 saturated carbocycles. The zero-order chi connectivity index (χ0) is 29.5. The molecule has 9 aromatic rings. The number of thiophene rings is 1. The van der Waals surface area contributed by atoms with Gasteiger partial charge in [-0.1, -0.05) is 103 Å². The van der Waals surface area contributed by atoms with Gasteiger partial charge in [-0.2, -0.15) is 0 Å². The zero-order valence-electron chi connectivity index (χ0n) is 24.5. The van der Waals surface area contributed by atoms with Gasteiger partial charge in [-0.3, -0.25) is 4.57 Å². The van der Waals surface area contributed by atoms with E-state index in [4.69, 9.17) is 9.97 Å². The van der Waals surface area contributed by atoms with Gasteiger partial charge in [0.25, 0.3) is 0 Å². The number of para-hydroxylation sites is 1. The Kier molecular flexibility index (Phi) is 5.34. The summed E-state index contributed by atoms with van der Waals surface area (Å²) in [6.45, 7) is 0. The molecule has 0 amide bonds. The zero-order valence-corrected chi connectivity index (χ0v) is 25.3. The van der Waals surface area contributed by atoms with Gasteiger partial charge in [0, 0.05) is 27.3 Å². The quantitative estimate of drug-likeness (QED) is 0.204. The Morgan fingerprint density at radius 3 is 2.27 bits per heavy atom. The monoisotopic (exact) mass is 593 g/mol. The molecule has 3 heterocycles. The molecule has 0 bridgehead atoms. The first-order valence-corrected chi connectivity index (χ1v) is 16.4. The molecule has 3 nitrogen and oxygen atoms in total. The minimum atomic E-state index is 0.713. The Balaban J connectivity index is 1.31. The van der Waals surface area contributed by atoms with E-state index >= 15 is 0 Å². The molecule has 0 fully saturated rings. The van der Waals surface area contributed by atoms with Gasteiger partial charge in [0.2, 0.25) is 0 Å². The Hall–Kier alpha value is -5.32. The predicted octanol–water partition coefficient (Wildman–Crippen LogP) is 10.8.